The highest BCUT2D eigenvalue weighted by Gasteiger charge is 2.18. The Morgan fingerprint density at radius 2 is 2.24 bits per heavy atom. The van der Waals surface area contributed by atoms with Crippen molar-refractivity contribution >= 4 is 11.7 Å². The lowest BCUT2D eigenvalue weighted by molar-refractivity contribution is 0.0600. The Bertz CT molecular complexity index is 411. The van der Waals surface area contributed by atoms with Gasteiger partial charge in [-0.15, -0.1) is 0 Å². The molecule has 1 saturated carbocycles. The van der Waals surface area contributed by atoms with Gasteiger partial charge in [-0.1, -0.05) is 12.5 Å². The number of carbonyl (C=O) groups is 1. The zero-order chi connectivity index (χ0) is 12.3. The number of anilines is 1. The molecule has 1 N–H and O–H groups in total. The SMILES string of the molecule is COC(=O)c1cccc(NCC2CCC2)c1C. The summed E-state index contributed by atoms with van der Waals surface area (Å²) in [6.45, 7) is 2.96. The van der Waals surface area contributed by atoms with Gasteiger partial charge in [0.2, 0.25) is 0 Å². The molecule has 0 unspecified atom stereocenters. The van der Waals surface area contributed by atoms with Crippen molar-refractivity contribution in [3.63, 3.8) is 0 Å². The van der Waals surface area contributed by atoms with Crippen LogP contribution in [0.3, 0.4) is 0 Å². The summed E-state index contributed by atoms with van der Waals surface area (Å²) in [7, 11) is 1.41. The van der Waals surface area contributed by atoms with Gasteiger partial charge in [0, 0.05) is 12.2 Å². The van der Waals surface area contributed by atoms with Gasteiger partial charge in [0.1, 0.15) is 0 Å². The van der Waals surface area contributed by atoms with E-state index in [0.29, 0.717) is 5.56 Å². The zero-order valence-corrected chi connectivity index (χ0v) is 10.5. The number of ether oxygens (including phenoxy) is 1. The van der Waals surface area contributed by atoms with Gasteiger partial charge >= 0.3 is 5.97 Å². The summed E-state index contributed by atoms with van der Waals surface area (Å²) in [6, 6.07) is 5.71. The van der Waals surface area contributed by atoms with Crippen LogP contribution >= 0.6 is 0 Å². The molecule has 1 fully saturated rings. The molecule has 3 heteroatoms. The average molecular weight is 233 g/mol. The van der Waals surface area contributed by atoms with E-state index >= 15 is 0 Å². The van der Waals surface area contributed by atoms with E-state index in [-0.39, 0.29) is 5.97 Å². The Balaban J connectivity index is 2.08. The molecule has 0 aromatic heterocycles. The first kappa shape index (κ1) is 12.0. The van der Waals surface area contributed by atoms with Gasteiger partial charge in [-0.05, 0) is 43.4 Å². The second-order valence-electron chi connectivity index (χ2n) is 4.65. The maximum absolute atomic E-state index is 11.5. The first-order valence-electron chi connectivity index (χ1n) is 6.14. The van der Waals surface area contributed by atoms with Gasteiger partial charge in [0.25, 0.3) is 0 Å². The Kier molecular flexibility index (Phi) is 3.67. The molecule has 0 heterocycles. The van der Waals surface area contributed by atoms with Crippen LogP contribution < -0.4 is 5.32 Å². The monoisotopic (exact) mass is 233 g/mol. The van der Waals surface area contributed by atoms with Crippen LogP contribution in [-0.2, 0) is 4.74 Å². The van der Waals surface area contributed by atoms with Crippen LogP contribution in [0.5, 0.6) is 0 Å². The molecule has 17 heavy (non-hydrogen) atoms. The fraction of sp³-hybridized carbons (Fsp3) is 0.500. The minimum absolute atomic E-state index is 0.269. The standard InChI is InChI=1S/C14H19NO2/c1-10-12(14(16)17-2)7-4-8-13(10)15-9-11-5-3-6-11/h4,7-8,11,15H,3,5-6,9H2,1-2H3. The van der Waals surface area contributed by atoms with Gasteiger partial charge in [-0.3, -0.25) is 0 Å². The molecular weight excluding hydrogens is 214 g/mol. The number of benzene rings is 1. The van der Waals surface area contributed by atoms with Crippen molar-refractivity contribution in [2.75, 3.05) is 19.0 Å². The molecule has 0 radical (unpaired) electrons. The molecule has 0 aliphatic heterocycles. The van der Waals surface area contributed by atoms with Gasteiger partial charge in [0.05, 0.1) is 12.7 Å². The number of rotatable bonds is 4. The van der Waals surface area contributed by atoms with Crippen LogP contribution in [0.1, 0.15) is 35.2 Å². The van der Waals surface area contributed by atoms with Crippen molar-refractivity contribution in [1.29, 1.82) is 0 Å². The van der Waals surface area contributed by atoms with Crippen molar-refractivity contribution in [3.05, 3.63) is 29.3 Å². The Labute approximate surface area is 102 Å². The highest BCUT2D eigenvalue weighted by atomic mass is 16.5. The summed E-state index contributed by atoms with van der Waals surface area (Å²) < 4.78 is 4.76. The molecule has 3 nitrogen and oxygen atoms in total. The lowest BCUT2D eigenvalue weighted by Gasteiger charge is -2.26. The number of hydrogen-bond acceptors (Lipinski definition) is 3. The maximum Gasteiger partial charge on any atom is 0.338 e. The summed E-state index contributed by atoms with van der Waals surface area (Å²) in [5, 5.41) is 3.43. The smallest absolute Gasteiger partial charge is 0.338 e. The van der Waals surface area contributed by atoms with Crippen LogP contribution in [0.25, 0.3) is 0 Å². The van der Waals surface area contributed by atoms with Crippen LogP contribution in [0.2, 0.25) is 0 Å². The summed E-state index contributed by atoms with van der Waals surface area (Å²) in [6.07, 6.45) is 4.00. The molecule has 1 aliphatic carbocycles. The van der Waals surface area contributed by atoms with E-state index in [1.165, 1.54) is 26.4 Å². The summed E-state index contributed by atoms with van der Waals surface area (Å²) >= 11 is 0. The third kappa shape index (κ3) is 2.60. The second kappa shape index (κ2) is 5.21. The quantitative estimate of drug-likeness (QED) is 0.812. The minimum Gasteiger partial charge on any atom is -0.465 e. The molecular formula is C14H19NO2. The lowest BCUT2D eigenvalue weighted by atomic mass is 9.85. The van der Waals surface area contributed by atoms with E-state index in [9.17, 15) is 4.79 Å². The summed E-state index contributed by atoms with van der Waals surface area (Å²) in [5.41, 5.74) is 2.66. The molecule has 2 rings (SSSR count). The van der Waals surface area contributed by atoms with E-state index in [4.69, 9.17) is 4.74 Å². The molecule has 92 valence electrons. The Morgan fingerprint density at radius 3 is 2.82 bits per heavy atom. The molecule has 0 spiro atoms. The van der Waals surface area contributed by atoms with Crippen molar-refractivity contribution in [3.8, 4) is 0 Å². The number of nitrogens with one attached hydrogen (secondary N) is 1. The van der Waals surface area contributed by atoms with Crippen molar-refractivity contribution in [2.45, 2.75) is 26.2 Å². The first-order valence-corrected chi connectivity index (χ1v) is 6.14. The van der Waals surface area contributed by atoms with Gasteiger partial charge in [-0.25, -0.2) is 4.79 Å². The second-order valence-corrected chi connectivity index (χ2v) is 4.65. The van der Waals surface area contributed by atoms with Crippen LogP contribution in [0.4, 0.5) is 5.69 Å². The molecule has 0 bridgehead atoms. The number of methoxy groups -OCH3 is 1. The lowest BCUT2D eigenvalue weighted by Crippen LogP contribution is -2.21. The van der Waals surface area contributed by atoms with E-state index < -0.39 is 0 Å². The molecule has 0 amide bonds. The topological polar surface area (TPSA) is 38.3 Å². The highest BCUT2D eigenvalue weighted by molar-refractivity contribution is 5.92. The van der Waals surface area contributed by atoms with E-state index in [1.54, 1.807) is 6.07 Å². The maximum atomic E-state index is 11.5. The number of carbonyl (C=O) groups excluding carboxylic acids is 1. The predicted octanol–water partition coefficient (Wildman–Crippen LogP) is 2.99. The van der Waals surface area contributed by atoms with Crippen molar-refractivity contribution in [1.82, 2.24) is 0 Å². The van der Waals surface area contributed by atoms with E-state index in [0.717, 1.165) is 23.7 Å². The molecule has 1 aliphatic rings. The third-order valence-electron chi connectivity index (χ3n) is 3.55. The van der Waals surface area contributed by atoms with Crippen LogP contribution in [0.15, 0.2) is 18.2 Å². The molecule has 1 aromatic carbocycles. The van der Waals surface area contributed by atoms with Crippen molar-refractivity contribution in [2.24, 2.45) is 5.92 Å². The Hall–Kier alpha value is -1.51. The molecule has 1 aromatic rings. The number of esters is 1. The van der Waals surface area contributed by atoms with Crippen molar-refractivity contribution < 1.29 is 9.53 Å². The third-order valence-corrected chi connectivity index (χ3v) is 3.55. The van der Waals surface area contributed by atoms with Gasteiger partial charge in [0.15, 0.2) is 0 Å². The average Bonchev–Trinajstić information content (AvgIpc) is 2.28. The van der Waals surface area contributed by atoms with Gasteiger partial charge < -0.3 is 10.1 Å². The predicted molar refractivity (Wildman–Crippen MR) is 68.3 cm³/mol. The normalized spacial score (nSPS) is 15.2. The number of hydrogen-bond donors (Lipinski definition) is 1. The Morgan fingerprint density at radius 1 is 1.47 bits per heavy atom. The van der Waals surface area contributed by atoms with Crippen LogP contribution in [-0.4, -0.2) is 19.6 Å². The van der Waals surface area contributed by atoms with Gasteiger partial charge in [-0.2, -0.15) is 0 Å². The minimum atomic E-state index is -0.269. The largest absolute Gasteiger partial charge is 0.465 e. The van der Waals surface area contributed by atoms with E-state index in [1.807, 2.05) is 19.1 Å². The molecule has 0 saturated heterocycles. The fourth-order valence-electron chi connectivity index (χ4n) is 2.11. The summed E-state index contributed by atoms with van der Waals surface area (Å²) in [4.78, 5) is 11.5. The first-order chi connectivity index (χ1) is 8.22. The van der Waals surface area contributed by atoms with Crippen LogP contribution in [0, 0.1) is 12.8 Å². The van der Waals surface area contributed by atoms with E-state index in [2.05, 4.69) is 5.32 Å². The summed E-state index contributed by atoms with van der Waals surface area (Å²) in [5.74, 6) is 0.533. The fourth-order valence-corrected chi connectivity index (χ4v) is 2.11. The highest BCUT2D eigenvalue weighted by Crippen LogP contribution is 2.27. The molecule has 0 atom stereocenters. The zero-order valence-electron chi connectivity index (χ0n) is 10.5.